The summed E-state index contributed by atoms with van der Waals surface area (Å²) >= 11 is 6.31. The number of hydrogen-bond donors (Lipinski definition) is 1. The maximum Gasteiger partial charge on any atom is 0.204 e. The van der Waals surface area contributed by atoms with E-state index in [9.17, 15) is 9.90 Å². The Morgan fingerprint density at radius 3 is 3.13 bits per heavy atom. The van der Waals surface area contributed by atoms with E-state index >= 15 is 0 Å². The lowest BCUT2D eigenvalue weighted by atomic mass is 9.54. The summed E-state index contributed by atoms with van der Waals surface area (Å²) in [5.41, 5.74) is -0.712. The van der Waals surface area contributed by atoms with Gasteiger partial charge >= 0.3 is 0 Å². The standard InChI is InChI=1S/C10H11ClO4/c1-9(11)6-3-14-4-15-10(6)2-5(12)7(13)8(9)10/h2,6,8,12H,3-4H2,1H3/t6-,8-,9+,10-/m0/s1. The fourth-order valence-corrected chi connectivity index (χ4v) is 3.60. The summed E-state index contributed by atoms with van der Waals surface area (Å²) in [6.07, 6.45) is 1.50. The van der Waals surface area contributed by atoms with Crippen LogP contribution in [-0.4, -0.2) is 34.8 Å². The zero-order valence-corrected chi connectivity index (χ0v) is 8.95. The number of aliphatic hydroxyl groups excluding tert-OH is 1. The van der Waals surface area contributed by atoms with E-state index in [1.807, 2.05) is 0 Å². The van der Waals surface area contributed by atoms with Crippen molar-refractivity contribution in [1.82, 2.24) is 0 Å². The zero-order chi connectivity index (χ0) is 10.8. The molecule has 2 fully saturated rings. The van der Waals surface area contributed by atoms with Crippen molar-refractivity contribution in [3.8, 4) is 0 Å². The Bertz CT molecular complexity index is 376. The van der Waals surface area contributed by atoms with Crippen molar-refractivity contribution in [2.24, 2.45) is 11.8 Å². The summed E-state index contributed by atoms with van der Waals surface area (Å²) in [5.74, 6) is -1.08. The van der Waals surface area contributed by atoms with Gasteiger partial charge in [0.2, 0.25) is 5.78 Å². The van der Waals surface area contributed by atoms with E-state index in [1.54, 1.807) is 6.92 Å². The summed E-state index contributed by atoms with van der Waals surface area (Å²) in [5, 5.41) is 9.48. The molecule has 0 radical (unpaired) electrons. The number of Topliss-reactive ketones (excluding diaryl/α,β-unsaturated/α-hetero) is 1. The monoisotopic (exact) mass is 230 g/mol. The minimum absolute atomic E-state index is 0.0704. The number of ketones is 1. The van der Waals surface area contributed by atoms with Gasteiger partial charge in [0.05, 0.1) is 17.4 Å². The number of allylic oxidation sites excluding steroid dienone is 1. The molecule has 5 heteroatoms. The van der Waals surface area contributed by atoms with Crippen molar-refractivity contribution in [1.29, 1.82) is 0 Å². The highest BCUT2D eigenvalue weighted by Gasteiger charge is 2.75. The first-order valence-corrected chi connectivity index (χ1v) is 5.24. The fourth-order valence-electron chi connectivity index (χ4n) is 3.09. The lowest BCUT2D eigenvalue weighted by Gasteiger charge is -2.61. The van der Waals surface area contributed by atoms with E-state index in [-0.39, 0.29) is 24.3 Å². The molecular formula is C10H11ClO4. The van der Waals surface area contributed by atoms with Crippen LogP contribution < -0.4 is 0 Å². The number of carbonyl (C=O) groups excluding carboxylic acids is 1. The van der Waals surface area contributed by atoms with Crippen molar-refractivity contribution in [2.45, 2.75) is 17.4 Å². The van der Waals surface area contributed by atoms with Crippen LogP contribution in [-0.2, 0) is 14.3 Å². The molecule has 0 aromatic rings. The minimum atomic E-state index is -0.712. The molecule has 4 atom stereocenters. The molecule has 0 amide bonds. The molecule has 1 N–H and O–H groups in total. The number of halogens is 1. The Labute approximate surface area is 91.8 Å². The molecule has 0 bridgehead atoms. The molecule has 1 aliphatic heterocycles. The third kappa shape index (κ3) is 0.887. The van der Waals surface area contributed by atoms with Gasteiger partial charge in [0.25, 0.3) is 0 Å². The number of ether oxygens (including phenoxy) is 2. The number of aliphatic hydroxyl groups is 1. The van der Waals surface area contributed by atoms with Crippen LogP contribution in [0.1, 0.15) is 6.92 Å². The largest absolute Gasteiger partial charge is 0.505 e. The van der Waals surface area contributed by atoms with Crippen LogP contribution in [0, 0.1) is 11.8 Å². The molecule has 1 saturated heterocycles. The molecule has 0 aromatic heterocycles. The Balaban J connectivity index is 2.07. The van der Waals surface area contributed by atoms with E-state index < -0.39 is 16.4 Å². The summed E-state index contributed by atoms with van der Waals surface area (Å²) < 4.78 is 10.7. The normalized spacial score (nSPS) is 52.9. The topological polar surface area (TPSA) is 55.8 Å². The summed E-state index contributed by atoms with van der Waals surface area (Å²) in [4.78, 5) is 11.0. The number of alkyl halides is 1. The molecular weight excluding hydrogens is 220 g/mol. The average molecular weight is 231 g/mol. The van der Waals surface area contributed by atoms with Gasteiger partial charge < -0.3 is 14.6 Å². The van der Waals surface area contributed by atoms with E-state index in [2.05, 4.69) is 0 Å². The molecule has 0 aromatic carbocycles. The zero-order valence-electron chi connectivity index (χ0n) is 8.20. The highest BCUT2D eigenvalue weighted by Crippen LogP contribution is 2.63. The third-order valence-corrected chi connectivity index (χ3v) is 4.28. The van der Waals surface area contributed by atoms with Crippen LogP contribution in [0.15, 0.2) is 11.8 Å². The van der Waals surface area contributed by atoms with Gasteiger partial charge in [0.15, 0.2) is 5.76 Å². The molecule has 1 spiro atoms. The lowest BCUT2D eigenvalue weighted by Crippen LogP contribution is -2.73. The fraction of sp³-hybridized carbons (Fsp3) is 0.700. The molecule has 2 aliphatic carbocycles. The Hall–Kier alpha value is -0.580. The molecule has 1 heterocycles. The minimum Gasteiger partial charge on any atom is -0.505 e. The van der Waals surface area contributed by atoms with Crippen LogP contribution in [0.25, 0.3) is 0 Å². The maximum absolute atomic E-state index is 11.7. The van der Waals surface area contributed by atoms with Crippen LogP contribution in [0.2, 0.25) is 0 Å². The van der Waals surface area contributed by atoms with Crippen molar-refractivity contribution in [2.75, 3.05) is 13.4 Å². The molecule has 82 valence electrons. The predicted octanol–water partition coefficient (Wildman–Crippen LogP) is 0.998. The van der Waals surface area contributed by atoms with E-state index in [1.165, 1.54) is 6.08 Å². The molecule has 15 heavy (non-hydrogen) atoms. The first kappa shape index (κ1) is 9.63. The molecule has 1 saturated carbocycles. The van der Waals surface area contributed by atoms with Crippen LogP contribution >= 0.6 is 11.6 Å². The maximum atomic E-state index is 11.7. The lowest BCUT2D eigenvalue weighted by molar-refractivity contribution is -0.275. The van der Waals surface area contributed by atoms with Crippen LogP contribution in [0.3, 0.4) is 0 Å². The Morgan fingerprint density at radius 2 is 2.40 bits per heavy atom. The van der Waals surface area contributed by atoms with Gasteiger partial charge in [-0.15, -0.1) is 11.6 Å². The van der Waals surface area contributed by atoms with Gasteiger partial charge in [0, 0.05) is 5.92 Å². The van der Waals surface area contributed by atoms with Gasteiger partial charge in [-0.3, -0.25) is 4.79 Å². The third-order valence-electron chi connectivity index (χ3n) is 3.80. The Kier molecular flexibility index (Phi) is 1.65. The first-order chi connectivity index (χ1) is 7.00. The predicted molar refractivity (Wildman–Crippen MR) is 51.6 cm³/mol. The van der Waals surface area contributed by atoms with E-state index in [0.29, 0.717) is 6.61 Å². The quantitative estimate of drug-likeness (QED) is 0.631. The Morgan fingerprint density at radius 1 is 1.67 bits per heavy atom. The van der Waals surface area contributed by atoms with Gasteiger partial charge in [0.1, 0.15) is 12.4 Å². The second-order valence-corrected chi connectivity index (χ2v) is 5.33. The summed E-state index contributed by atoms with van der Waals surface area (Å²) in [6, 6.07) is 0. The summed E-state index contributed by atoms with van der Waals surface area (Å²) in [6.45, 7) is 2.41. The second-order valence-electron chi connectivity index (χ2n) is 4.52. The van der Waals surface area contributed by atoms with E-state index in [4.69, 9.17) is 21.1 Å². The average Bonchev–Trinajstić information content (AvgIpc) is 2.37. The van der Waals surface area contributed by atoms with Gasteiger partial charge in [-0.25, -0.2) is 0 Å². The highest BCUT2D eigenvalue weighted by molar-refractivity contribution is 6.28. The van der Waals surface area contributed by atoms with Gasteiger partial charge in [-0.2, -0.15) is 0 Å². The summed E-state index contributed by atoms with van der Waals surface area (Å²) in [7, 11) is 0. The molecule has 4 nitrogen and oxygen atoms in total. The molecule has 3 aliphatic rings. The van der Waals surface area contributed by atoms with E-state index in [0.717, 1.165) is 0 Å². The second kappa shape index (κ2) is 2.56. The van der Waals surface area contributed by atoms with Crippen LogP contribution in [0.5, 0.6) is 0 Å². The first-order valence-electron chi connectivity index (χ1n) is 4.87. The van der Waals surface area contributed by atoms with Crippen molar-refractivity contribution in [3.05, 3.63) is 11.8 Å². The number of hydrogen-bond acceptors (Lipinski definition) is 4. The van der Waals surface area contributed by atoms with Crippen molar-refractivity contribution >= 4 is 17.4 Å². The van der Waals surface area contributed by atoms with Crippen molar-refractivity contribution < 1.29 is 19.4 Å². The number of rotatable bonds is 0. The molecule has 0 unspecified atom stereocenters. The number of carbonyl (C=O) groups is 1. The van der Waals surface area contributed by atoms with Gasteiger partial charge in [-0.1, -0.05) is 0 Å². The smallest absolute Gasteiger partial charge is 0.204 e. The van der Waals surface area contributed by atoms with Crippen LogP contribution in [0.4, 0.5) is 0 Å². The van der Waals surface area contributed by atoms with Gasteiger partial charge in [-0.05, 0) is 13.0 Å². The SMILES string of the molecule is C[C@@]1(Cl)[C@@H]2COCO[C@@]23C=C(O)C(=O)[C@@H]13. The highest BCUT2D eigenvalue weighted by atomic mass is 35.5. The van der Waals surface area contributed by atoms with Crippen molar-refractivity contribution in [3.63, 3.8) is 0 Å². The molecule has 3 rings (SSSR count).